The molecule has 0 saturated carbocycles. The summed E-state index contributed by atoms with van der Waals surface area (Å²) in [6.07, 6.45) is 2.01. The number of nitrogens with zero attached hydrogens (tertiary/aromatic N) is 2. The SMILES string of the molecule is Cc1ccc(C(=O)Nc2ccc(C)n(CC(=O)N3CCCC3)c2=O)cc1. The molecule has 2 amide bonds. The van der Waals surface area contributed by atoms with Crippen LogP contribution in [0.5, 0.6) is 0 Å². The van der Waals surface area contributed by atoms with Crippen LogP contribution in [-0.4, -0.2) is 34.4 Å². The van der Waals surface area contributed by atoms with Gasteiger partial charge in [-0.3, -0.25) is 14.4 Å². The van der Waals surface area contributed by atoms with Gasteiger partial charge in [0.2, 0.25) is 5.91 Å². The standard InChI is InChI=1S/C20H23N3O3/c1-14-5-8-16(9-6-14)19(25)21-17-10-7-15(2)23(20(17)26)13-18(24)22-11-3-4-12-22/h5-10H,3-4,11-13H2,1-2H3,(H,21,25). The van der Waals surface area contributed by atoms with E-state index >= 15 is 0 Å². The van der Waals surface area contributed by atoms with Crippen LogP contribution in [0, 0.1) is 13.8 Å². The number of benzene rings is 1. The second kappa shape index (κ2) is 7.56. The van der Waals surface area contributed by atoms with Gasteiger partial charge in [0, 0.05) is 24.3 Å². The number of amides is 2. The van der Waals surface area contributed by atoms with Crippen LogP contribution in [-0.2, 0) is 11.3 Å². The van der Waals surface area contributed by atoms with Crippen molar-refractivity contribution in [3.63, 3.8) is 0 Å². The van der Waals surface area contributed by atoms with E-state index in [1.54, 1.807) is 36.1 Å². The summed E-state index contributed by atoms with van der Waals surface area (Å²) in [6.45, 7) is 5.22. The molecule has 26 heavy (non-hydrogen) atoms. The van der Waals surface area contributed by atoms with Crippen LogP contribution in [0.1, 0.15) is 34.5 Å². The number of carbonyl (C=O) groups excluding carboxylic acids is 2. The molecule has 0 atom stereocenters. The van der Waals surface area contributed by atoms with Gasteiger partial charge in [-0.25, -0.2) is 0 Å². The molecule has 0 spiro atoms. The van der Waals surface area contributed by atoms with Gasteiger partial charge in [-0.15, -0.1) is 0 Å². The zero-order valence-electron chi connectivity index (χ0n) is 15.1. The Kier molecular flexibility index (Phi) is 5.21. The third-order valence-electron chi connectivity index (χ3n) is 4.71. The van der Waals surface area contributed by atoms with Crippen molar-refractivity contribution in [1.29, 1.82) is 0 Å². The Bertz CT molecular complexity index is 878. The maximum Gasteiger partial charge on any atom is 0.274 e. The summed E-state index contributed by atoms with van der Waals surface area (Å²) in [6, 6.07) is 10.4. The Morgan fingerprint density at radius 2 is 1.65 bits per heavy atom. The highest BCUT2D eigenvalue weighted by molar-refractivity contribution is 6.04. The number of aryl methyl sites for hydroxylation is 2. The Balaban J connectivity index is 1.80. The molecule has 6 heteroatoms. The van der Waals surface area contributed by atoms with Crippen LogP contribution in [0.2, 0.25) is 0 Å². The Morgan fingerprint density at radius 3 is 2.31 bits per heavy atom. The van der Waals surface area contributed by atoms with E-state index in [-0.39, 0.29) is 29.6 Å². The van der Waals surface area contributed by atoms with Crippen LogP contribution in [0.4, 0.5) is 5.69 Å². The fraction of sp³-hybridized carbons (Fsp3) is 0.350. The average molecular weight is 353 g/mol. The number of pyridine rings is 1. The highest BCUT2D eigenvalue weighted by Gasteiger charge is 2.20. The van der Waals surface area contributed by atoms with Gasteiger partial charge in [-0.1, -0.05) is 17.7 Å². The lowest BCUT2D eigenvalue weighted by molar-refractivity contribution is -0.130. The molecule has 1 aliphatic rings. The van der Waals surface area contributed by atoms with Crippen molar-refractivity contribution < 1.29 is 9.59 Å². The molecule has 0 bridgehead atoms. The number of anilines is 1. The molecule has 1 N–H and O–H groups in total. The molecular formula is C20H23N3O3. The van der Waals surface area contributed by atoms with E-state index in [1.165, 1.54) is 4.57 Å². The number of carbonyl (C=O) groups is 2. The summed E-state index contributed by atoms with van der Waals surface area (Å²) in [5.74, 6) is -0.405. The first-order chi connectivity index (χ1) is 12.5. The topological polar surface area (TPSA) is 71.4 Å². The first kappa shape index (κ1) is 17.9. The quantitative estimate of drug-likeness (QED) is 0.917. The first-order valence-corrected chi connectivity index (χ1v) is 8.82. The normalized spacial score (nSPS) is 13.7. The Hall–Kier alpha value is -2.89. The van der Waals surface area contributed by atoms with Gasteiger partial charge < -0.3 is 14.8 Å². The number of likely N-dealkylation sites (tertiary alicyclic amines) is 1. The molecule has 6 nitrogen and oxygen atoms in total. The molecule has 1 aliphatic heterocycles. The lowest BCUT2D eigenvalue weighted by atomic mass is 10.1. The van der Waals surface area contributed by atoms with E-state index in [9.17, 15) is 14.4 Å². The lowest BCUT2D eigenvalue weighted by Gasteiger charge is -2.18. The summed E-state index contributed by atoms with van der Waals surface area (Å²) >= 11 is 0. The third kappa shape index (κ3) is 3.85. The monoisotopic (exact) mass is 353 g/mol. The molecular weight excluding hydrogens is 330 g/mol. The zero-order valence-corrected chi connectivity index (χ0v) is 15.1. The van der Waals surface area contributed by atoms with E-state index in [4.69, 9.17) is 0 Å². The highest BCUT2D eigenvalue weighted by Crippen LogP contribution is 2.11. The van der Waals surface area contributed by atoms with Crippen molar-refractivity contribution in [1.82, 2.24) is 9.47 Å². The zero-order chi connectivity index (χ0) is 18.7. The van der Waals surface area contributed by atoms with Gasteiger partial charge in [0.1, 0.15) is 12.2 Å². The molecule has 0 radical (unpaired) electrons. The van der Waals surface area contributed by atoms with Gasteiger partial charge >= 0.3 is 0 Å². The van der Waals surface area contributed by atoms with Gasteiger partial charge in [-0.2, -0.15) is 0 Å². The summed E-state index contributed by atoms with van der Waals surface area (Å²) < 4.78 is 1.42. The number of hydrogen-bond donors (Lipinski definition) is 1. The van der Waals surface area contributed by atoms with Crippen LogP contribution in [0.25, 0.3) is 0 Å². The lowest BCUT2D eigenvalue weighted by Crippen LogP contribution is -2.36. The molecule has 136 valence electrons. The molecule has 1 aromatic carbocycles. The second-order valence-electron chi connectivity index (χ2n) is 6.69. The molecule has 2 aromatic rings. The molecule has 1 fully saturated rings. The summed E-state index contributed by atoms with van der Waals surface area (Å²) in [4.78, 5) is 39.3. The fourth-order valence-corrected chi connectivity index (χ4v) is 3.06. The summed E-state index contributed by atoms with van der Waals surface area (Å²) in [5.41, 5.74) is 2.04. The van der Waals surface area contributed by atoms with Crippen molar-refractivity contribution in [2.75, 3.05) is 18.4 Å². The van der Waals surface area contributed by atoms with Crippen molar-refractivity contribution in [2.24, 2.45) is 0 Å². The number of aromatic nitrogens is 1. The third-order valence-corrected chi connectivity index (χ3v) is 4.71. The number of nitrogens with one attached hydrogen (secondary N) is 1. The summed E-state index contributed by atoms with van der Waals surface area (Å²) in [7, 11) is 0. The predicted molar refractivity (Wildman–Crippen MR) is 100 cm³/mol. The Labute approximate surface area is 152 Å². The van der Waals surface area contributed by atoms with Crippen molar-refractivity contribution in [3.05, 3.63) is 63.6 Å². The van der Waals surface area contributed by atoms with Crippen molar-refractivity contribution >= 4 is 17.5 Å². The van der Waals surface area contributed by atoms with Gasteiger partial charge in [0.15, 0.2) is 0 Å². The second-order valence-corrected chi connectivity index (χ2v) is 6.69. The van der Waals surface area contributed by atoms with E-state index in [2.05, 4.69) is 5.32 Å². The molecule has 1 aromatic heterocycles. The van der Waals surface area contributed by atoms with E-state index < -0.39 is 0 Å². The van der Waals surface area contributed by atoms with Crippen molar-refractivity contribution in [3.8, 4) is 0 Å². The average Bonchev–Trinajstić information content (AvgIpc) is 3.16. The summed E-state index contributed by atoms with van der Waals surface area (Å²) in [5, 5.41) is 2.66. The molecule has 3 rings (SSSR count). The minimum Gasteiger partial charge on any atom is -0.341 e. The number of rotatable bonds is 4. The van der Waals surface area contributed by atoms with Gasteiger partial charge in [0.25, 0.3) is 11.5 Å². The van der Waals surface area contributed by atoms with Gasteiger partial charge in [0.05, 0.1) is 0 Å². The molecule has 0 aliphatic carbocycles. The fourth-order valence-electron chi connectivity index (χ4n) is 3.06. The predicted octanol–water partition coefficient (Wildman–Crippen LogP) is 2.34. The van der Waals surface area contributed by atoms with Crippen LogP contribution in [0.3, 0.4) is 0 Å². The maximum absolute atomic E-state index is 12.7. The minimum atomic E-state index is -0.363. The van der Waals surface area contributed by atoms with Gasteiger partial charge in [-0.05, 0) is 51.0 Å². The van der Waals surface area contributed by atoms with Crippen LogP contribution in [0.15, 0.2) is 41.2 Å². The van der Waals surface area contributed by atoms with E-state index in [1.807, 2.05) is 19.1 Å². The maximum atomic E-state index is 12.7. The molecule has 0 unspecified atom stereocenters. The van der Waals surface area contributed by atoms with Crippen LogP contribution < -0.4 is 10.9 Å². The first-order valence-electron chi connectivity index (χ1n) is 8.82. The number of hydrogen-bond acceptors (Lipinski definition) is 3. The highest BCUT2D eigenvalue weighted by atomic mass is 16.2. The Morgan fingerprint density at radius 1 is 1.00 bits per heavy atom. The smallest absolute Gasteiger partial charge is 0.274 e. The van der Waals surface area contributed by atoms with E-state index in [0.717, 1.165) is 31.5 Å². The largest absolute Gasteiger partial charge is 0.341 e. The molecule has 1 saturated heterocycles. The van der Waals surface area contributed by atoms with Crippen LogP contribution >= 0.6 is 0 Å². The van der Waals surface area contributed by atoms with Crippen molar-refractivity contribution in [2.45, 2.75) is 33.2 Å². The van der Waals surface area contributed by atoms with E-state index in [0.29, 0.717) is 11.3 Å². The molecule has 2 heterocycles. The minimum absolute atomic E-state index is 0.00108.